The van der Waals surface area contributed by atoms with Gasteiger partial charge in [-0.1, -0.05) is 116 Å². The first-order valence-corrected chi connectivity index (χ1v) is 42.0. The van der Waals surface area contributed by atoms with Crippen molar-refractivity contribution in [3.05, 3.63) is 0 Å². The Balaban J connectivity index is 0. The minimum absolute atomic E-state index is 0. The number of aliphatic hydroxyl groups is 2. The van der Waals surface area contributed by atoms with Crippen LogP contribution in [0.3, 0.4) is 0 Å². The Labute approximate surface area is 727 Å². The lowest BCUT2D eigenvalue weighted by atomic mass is 9.50. The summed E-state index contributed by atoms with van der Waals surface area (Å²) in [5.74, 6) is -0.767. The van der Waals surface area contributed by atoms with Gasteiger partial charge >= 0.3 is 59.7 Å². The quantitative estimate of drug-likeness (QED) is 0.0461. The maximum absolute atomic E-state index is 12.8. The van der Waals surface area contributed by atoms with E-state index in [-0.39, 0.29) is 182 Å². The molecule has 16 unspecified atom stereocenters. The molecule has 0 aromatic heterocycles. The fraction of sp³-hybridized carbons (Fsp3) is 0.896. The van der Waals surface area contributed by atoms with Gasteiger partial charge in [0.1, 0.15) is 41.2 Å². The molecular formula is C96H176O24. The first kappa shape index (κ1) is 117. The van der Waals surface area contributed by atoms with Gasteiger partial charge in [-0.3, -0.25) is 33.6 Å². The van der Waals surface area contributed by atoms with E-state index in [1.165, 1.54) is 19.3 Å². The molecule has 16 aliphatic rings. The van der Waals surface area contributed by atoms with Crippen molar-refractivity contribution < 1.29 is 115 Å². The first-order valence-electron chi connectivity index (χ1n) is 42.0. The van der Waals surface area contributed by atoms with Gasteiger partial charge < -0.3 is 67.1 Å². The number of esters is 10. The highest BCUT2D eigenvalue weighted by molar-refractivity contribution is 5.82. The van der Waals surface area contributed by atoms with E-state index >= 15 is 0 Å². The third-order valence-electron chi connectivity index (χ3n) is 28.1. The van der Waals surface area contributed by atoms with Gasteiger partial charge in [0.25, 0.3) is 0 Å². The van der Waals surface area contributed by atoms with Crippen LogP contribution in [0.15, 0.2) is 0 Å². The van der Waals surface area contributed by atoms with E-state index in [4.69, 9.17) is 56.8 Å². The van der Waals surface area contributed by atoms with Crippen LogP contribution in [-0.4, -0.2) is 160 Å². The van der Waals surface area contributed by atoms with Crippen LogP contribution in [0.2, 0.25) is 0 Å². The molecule has 14 bridgehead atoms. The number of fused-ring (bicyclic) bond motifs is 2. The largest absolute Gasteiger partial charge is 0.459 e. The van der Waals surface area contributed by atoms with Crippen LogP contribution < -0.4 is 0 Å². The van der Waals surface area contributed by atoms with Gasteiger partial charge in [-0.15, -0.1) is 0 Å². The molecule has 120 heavy (non-hydrogen) atoms. The number of hydrogen-bond acceptors (Lipinski definition) is 24. The Morgan fingerprint density at radius 2 is 0.883 bits per heavy atom. The second-order valence-corrected chi connectivity index (χ2v) is 39.0. The van der Waals surface area contributed by atoms with Crippen molar-refractivity contribution in [2.75, 3.05) is 19.8 Å². The summed E-state index contributed by atoms with van der Waals surface area (Å²) in [4.78, 5) is 121. The number of carbonyl (C=O) groups is 10. The Hall–Kier alpha value is -5.46. The molecule has 3 saturated heterocycles. The zero-order valence-electron chi connectivity index (χ0n) is 70.0. The predicted octanol–water partition coefficient (Wildman–Crippen LogP) is 20.3. The number of hydrogen-bond donors (Lipinski definition) is 2. The second kappa shape index (κ2) is 45.1. The summed E-state index contributed by atoms with van der Waals surface area (Å²) < 4.78 is 66.8. The topological polar surface area (TPSA) is 322 Å². The number of ether oxygens (including phenoxy) is 12. The van der Waals surface area contributed by atoms with Crippen molar-refractivity contribution in [2.24, 2.45) is 80.3 Å². The van der Waals surface area contributed by atoms with Gasteiger partial charge in [-0.05, 0) is 268 Å². The zero-order valence-corrected chi connectivity index (χ0v) is 70.0. The summed E-state index contributed by atoms with van der Waals surface area (Å²) in [6.45, 7) is 35.7. The van der Waals surface area contributed by atoms with E-state index in [2.05, 4.69) is 6.92 Å². The summed E-state index contributed by atoms with van der Waals surface area (Å²) in [5.41, 5.74) is -5.87. The minimum Gasteiger partial charge on any atom is -0.459 e. The Bertz CT molecular complexity index is 3290. The standard InChI is InChI=1S/C23H38O6.C18H26O6.C16H22O6.C16H26O4.C13H24O2.10CH4/c1-7-21(5,6)20(25)29-23-12-17-9-18(13-23)11-22(10-17,14-23)28-15(3)19(24)27-16(4)26-8-2;1-4-18(2,3)17(21)22-9-14(19)24-15-11-5-10-6-12(8-11)16(20)23-13(15)7-10;1-4-16(2,3)15(19)20-7-11(17)21-12-8-5-9-10(6-8)14(18)22-13(9)12;1-4-13(2,3)12(17)20-16-7-11-5-14(18,9-16)8-15(19,6-11)10-16;1-5-12(3,4)11(14)15-13(6-2)9-7-8-10-13;;;;;;;;;;/h15-18H,7-14H2,1-6H3;10-13,15H,4-9H2,1-3H3;8-10,12-13H,4-7H2,1-3H3;11,18-19H,4-10H2,1-3H3;5-10H2,1-4H3;10*1H4. The summed E-state index contributed by atoms with van der Waals surface area (Å²) in [6.07, 6.45) is 20.6. The minimum atomic E-state index is -0.842. The Morgan fingerprint density at radius 1 is 0.450 bits per heavy atom. The average Bonchev–Trinajstić information content (AvgIpc) is 0.834. The lowest BCUT2D eigenvalue weighted by Gasteiger charge is -2.62. The van der Waals surface area contributed by atoms with Crippen LogP contribution in [0.1, 0.15) is 386 Å². The molecule has 0 aromatic carbocycles. The van der Waals surface area contributed by atoms with E-state index in [0.29, 0.717) is 62.9 Å². The molecule has 3 aliphatic heterocycles. The van der Waals surface area contributed by atoms with Crippen molar-refractivity contribution in [2.45, 2.75) is 456 Å². The highest BCUT2D eigenvalue weighted by atomic mass is 16.7. The van der Waals surface area contributed by atoms with Crippen molar-refractivity contribution in [3.8, 4) is 0 Å². The molecule has 13 aliphatic carbocycles. The van der Waals surface area contributed by atoms with Crippen LogP contribution in [0.5, 0.6) is 0 Å². The van der Waals surface area contributed by atoms with Crippen LogP contribution in [-0.2, 0) is 105 Å². The number of rotatable bonds is 26. The zero-order chi connectivity index (χ0) is 81.3. The van der Waals surface area contributed by atoms with Crippen LogP contribution in [0.25, 0.3) is 0 Å². The molecule has 704 valence electrons. The summed E-state index contributed by atoms with van der Waals surface area (Å²) >= 11 is 0. The molecule has 13 saturated carbocycles. The maximum atomic E-state index is 12.8. The van der Waals surface area contributed by atoms with Crippen molar-refractivity contribution >= 4 is 59.7 Å². The molecule has 16 rings (SSSR count). The van der Waals surface area contributed by atoms with E-state index in [0.717, 1.165) is 122 Å². The molecule has 0 amide bonds. The highest BCUT2D eigenvalue weighted by Gasteiger charge is 2.67. The summed E-state index contributed by atoms with van der Waals surface area (Å²) in [6, 6.07) is 0. The molecule has 16 fully saturated rings. The van der Waals surface area contributed by atoms with E-state index in [9.17, 15) is 58.2 Å². The van der Waals surface area contributed by atoms with E-state index < -0.39 is 98.0 Å². The monoisotopic (exact) mass is 1710 g/mol. The van der Waals surface area contributed by atoms with Gasteiger partial charge in [-0.2, -0.15) is 0 Å². The molecule has 2 N–H and O–H groups in total. The van der Waals surface area contributed by atoms with Gasteiger partial charge in [-0.25, -0.2) is 14.4 Å². The Kier molecular flexibility index (Phi) is 43.8. The molecular weight excluding hydrogens is 1540 g/mol. The van der Waals surface area contributed by atoms with Crippen molar-refractivity contribution in [3.63, 3.8) is 0 Å². The van der Waals surface area contributed by atoms with Gasteiger partial charge in [0.2, 0.25) is 0 Å². The van der Waals surface area contributed by atoms with Crippen molar-refractivity contribution in [1.29, 1.82) is 0 Å². The van der Waals surface area contributed by atoms with E-state index in [1.54, 1.807) is 41.5 Å². The lowest BCUT2D eigenvalue weighted by molar-refractivity contribution is -0.264. The fourth-order valence-electron chi connectivity index (χ4n) is 20.5. The number of carbonyl (C=O) groups excluding carboxylic acids is 10. The van der Waals surface area contributed by atoms with Gasteiger partial charge in [0.15, 0.2) is 25.6 Å². The van der Waals surface area contributed by atoms with Gasteiger partial charge in [0, 0.05) is 50.0 Å². The third kappa shape index (κ3) is 27.0. The SMILES string of the molecule is C.C.C.C.C.C.C.C.C.C.CCC(C)(C)C(=O)OC12CC3CC(O)(CC(O)(C3)C1)C2.CCC(C)(C)C(=O)OCC(=O)OC1C2CC3C(=O)OC1C3C2.CCC(C)(C)C(=O)OCC(=O)OC1C2CC3CC(C2)C(=O)OC1C3.CCC1(OC(=O)C(C)(C)CC)CCCC1.CCOC(C)OC(=O)C(C)OC12CC3CC(CC(OC(=O)C(C)(C)CC)(C3)C1)C2. The normalized spacial score (nSPS) is 32.2. The van der Waals surface area contributed by atoms with Crippen LogP contribution >= 0.6 is 0 Å². The molecule has 24 heteroatoms. The van der Waals surface area contributed by atoms with Crippen LogP contribution in [0.4, 0.5) is 0 Å². The molecule has 3 heterocycles. The predicted molar refractivity (Wildman–Crippen MR) is 469 cm³/mol. The molecule has 24 nitrogen and oxygen atoms in total. The third-order valence-corrected chi connectivity index (χ3v) is 28.1. The Morgan fingerprint density at radius 3 is 1.34 bits per heavy atom. The smallest absolute Gasteiger partial charge is 0.344 e. The second-order valence-electron chi connectivity index (χ2n) is 39.0. The maximum Gasteiger partial charge on any atom is 0.344 e. The van der Waals surface area contributed by atoms with Crippen molar-refractivity contribution in [1.82, 2.24) is 0 Å². The summed E-state index contributed by atoms with van der Waals surface area (Å²) in [5, 5.41) is 21.3. The molecule has 0 spiro atoms. The average molecular weight is 1710 g/mol. The molecule has 16 atom stereocenters. The van der Waals surface area contributed by atoms with Crippen LogP contribution in [0, 0.1) is 80.3 Å². The fourth-order valence-corrected chi connectivity index (χ4v) is 20.5. The first-order chi connectivity index (χ1) is 51.2. The molecule has 0 aromatic rings. The summed E-state index contributed by atoms with van der Waals surface area (Å²) in [7, 11) is 0. The lowest BCUT2D eigenvalue weighted by Crippen LogP contribution is -2.67. The highest BCUT2D eigenvalue weighted by Crippen LogP contribution is 2.63. The van der Waals surface area contributed by atoms with Gasteiger partial charge in [0.05, 0.1) is 55.7 Å². The molecule has 0 radical (unpaired) electrons. The van der Waals surface area contributed by atoms with E-state index in [1.807, 2.05) is 83.1 Å².